The van der Waals surface area contributed by atoms with Crippen molar-refractivity contribution in [2.24, 2.45) is 0 Å². The minimum Gasteiger partial charge on any atom is -0.497 e. The predicted octanol–water partition coefficient (Wildman–Crippen LogP) is 6.81. The standard InChI is InChI=1S/C30H33NO5S.CH4/c1-30(2,3)37-19-27(28(32)35-17-20-13-15-21(34-4)16-14-20)31-29(33)36-18-26-24-11-7-5-9-22(24)23-10-6-8-12-25(23)26;/h5-16,26-27H,17-19H2,1-4H3,(H,31,33);1H4/t27-;/m1./s1. The highest BCUT2D eigenvalue weighted by Gasteiger charge is 2.30. The highest BCUT2D eigenvalue weighted by Crippen LogP contribution is 2.44. The number of methoxy groups -OCH3 is 1. The van der Waals surface area contributed by atoms with Crippen LogP contribution in [-0.4, -0.2) is 42.3 Å². The van der Waals surface area contributed by atoms with Crippen molar-refractivity contribution in [2.45, 2.75) is 51.5 Å². The summed E-state index contributed by atoms with van der Waals surface area (Å²) in [5.74, 6) is 0.546. The summed E-state index contributed by atoms with van der Waals surface area (Å²) in [4.78, 5) is 25.8. The van der Waals surface area contributed by atoms with Gasteiger partial charge in [0.2, 0.25) is 0 Å². The number of alkyl carbamates (subject to hydrolysis) is 1. The van der Waals surface area contributed by atoms with Crippen LogP contribution in [0.5, 0.6) is 5.75 Å². The summed E-state index contributed by atoms with van der Waals surface area (Å²) in [6.45, 7) is 6.46. The summed E-state index contributed by atoms with van der Waals surface area (Å²) in [6, 6.07) is 22.8. The highest BCUT2D eigenvalue weighted by atomic mass is 32.2. The third-order valence-corrected chi connectivity index (χ3v) is 7.51. The molecule has 1 aliphatic carbocycles. The number of benzene rings is 3. The van der Waals surface area contributed by atoms with Gasteiger partial charge in [0.25, 0.3) is 0 Å². The Kier molecular flexibility index (Phi) is 9.86. The lowest BCUT2D eigenvalue weighted by molar-refractivity contribution is -0.146. The Balaban J connectivity index is 0.00000400. The van der Waals surface area contributed by atoms with E-state index in [1.165, 1.54) is 0 Å². The van der Waals surface area contributed by atoms with Gasteiger partial charge in [-0.3, -0.25) is 0 Å². The van der Waals surface area contributed by atoms with E-state index in [9.17, 15) is 9.59 Å². The molecule has 0 fully saturated rings. The molecule has 1 N–H and O–H groups in total. The maximum Gasteiger partial charge on any atom is 0.407 e. The number of esters is 1. The zero-order valence-corrected chi connectivity index (χ0v) is 22.5. The zero-order chi connectivity index (χ0) is 26.4. The lowest BCUT2D eigenvalue weighted by atomic mass is 9.98. The molecule has 1 atom stereocenters. The van der Waals surface area contributed by atoms with E-state index < -0.39 is 18.1 Å². The second kappa shape index (κ2) is 12.9. The number of hydrogen-bond acceptors (Lipinski definition) is 6. The molecule has 3 aromatic rings. The van der Waals surface area contributed by atoms with Crippen LogP contribution in [0.3, 0.4) is 0 Å². The molecule has 0 unspecified atom stereocenters. The Morgan fingerprint density at radius 1 is 0.895 bits per heavy atom. The number of carbonyl (C=O) groups is 2. The summed E-state index contributed by atoms with van der Waals surface area (Å²) in [5, 5.41) is 2.74. The number of nitrogens with one attached hydrogen (secondary N) is 1. The predicted molar refractivity (Wildman–Crippen MR) is 154 cm³/mol. The molecular formula is C31H37NO5S. The van der Waals surface area contributed by atoms with E-state index >= 15 is 0 Å². The Morgan fingerprint density at radius 2 is 1.47 bits per heavy atom. The molecule has 38 heavy (non-hydrogen) atoms. The van der Waals surface area contributed by atoms with Crippen molar-refractivity contribution in [1.82, 2.24) is 5.32 Å². The molecule has 3 aromatic carbocycles. The molecule has 7 heteroatoms. The Labute approximate surface area is 230 Å². The van der Waals surface area contributed by atoms with Gasteiger partial charge < -0.3 is 19.5 Å². The van der Waals surface area contributed by atoms with E-state index in [1.807, 2.05) is 48.5 Å². The van der Waals surface area contributed by atoms with E-state index in [4.69, 9.17) is 14.2 Å². The van der Waals surface area contributed by atoms with Gasteiger partial charge in [-0.1, -0.05) is 88.9 Å². The average molecular weight is 536 g/mol. The first-order valence-electron chi connectivity index (χ1n) is 12.3. The first-order valence-corrected chi connectivity index (χ1v) is 13.3. The van der Waals surface area contributed by atoms with Crippen molar-refractivity contribution in [3.63, 3.8) is 0 Å². The molecule has 6 nitrogen and oxygen atoms in total. The van der Waals surface area contributed by atoms with Gasteiger partial charge in [-0.05, 0) is 39.9 Å². The lowest BCUT2D eigenvalue weighted by Gasteiger charge is -2.23. The van der Waals surface area contributed by atoms with E-state index in [0.717, 1.165) is 33.6 Å². The fourth-order valence-corrected chi connectivity index (χ4v) is 5.15. The van der Waals surface area contributed by atoms with E-state index in [2.05, 4.69) is 50.4 Å². The van der Waals surface area contributed by atoms with Crippen molar-refractivity contribution in [1.29, 1.82) is 0 Å². The average Bonchev–Trinajstić information content (AvgIpc) is 3.22. The maximum atomic E-state index is 12.9. The van der Waals surface area contributed by atoms with Crippen LogP contribution in [0.15, 0.2) is 72.8 Å². The number of amides is 1. The van der Waals surface area contributed by atoms with Crippen LogP contribution in [0.1, 0.15) is 50.8 Å². The monoisotopic (exact) mass is 535 g/mol. The number of hydrogen-bond donors (Lipinski definition) is 1. The zero-order valence-electron chi connectivity index (χ0n) is 21.7. The minimum atomic E-state index is -0.835. The van der Waals surface area contributed by atoms with Crippen LogP contribution in [0, 0.1) is 0 Å². The van der Waals surface area contributed by atoms with Crippen molar-refractivity contribution in [3.8, 4) is 16.9 Å². The first-order chi connectivity index (χ1) is 17.7. The van der Waals surface area contributed by atoms with E-state index in [0.29, 0.717) is 5.75 Å². The van der Waals surface area contributed by atoms with E-state index in [-0.39, 0.29) is 31.3 Å². The molecular weight excluding hydrogens is 498 g/mol. The quantitative estimate of drug-likeness (QED) is 0.303. The molecule has 1 aliphatic rings. The molecule has 0 saturated carbocycles. The highest BCUT2D eigenvalue weighted by molar-refractivity contribution is 8.00. The van der Waals surface area contributed by atoms with Crippen LogP contribution in [0.25, 0.3) is 11.1 Å². The maximum absolute atomic E-state index is 12.9. The SMILES string of the molecule is C.COc1ccc(COC(=O)[C@@H](CSC(C)(C)C)NC(=O)OCC2c3ccccc3-c3ccccc32)cc1. The third-order valence-electron chi connectivity index (χ3n) is 6.14. The van der Waals surface area contributed by atoms with Gasteiger partial charge in [0, 0.05) is 16.4 Å². The van der Waals surface area contributed by atoms with Crippen LogP contribution in [-0.2, 0) is 20.9 Å². The fourth-order valence-electron chi connectivity index (χ4n) is 4.26. The van der Waals surface area contributed by atoms with Crippen molar-refractivity contribution in [3.05, 3.63) is 89.5 Å². The van der Waals surface area contributed by atoms with Crippen molar-refractivity contribution in [2.75, 3.05) is 19.5 Å². The van der Waals surface area contributed by atoms with Gasteiger partial charge >= 0.3 is 12.1 Å². The Hall–Kier alpha value is -3.45. The van der Waals surface area contributed by atoms with Gasteiger partial charge in [-0.25, -0.2) is 9.59 Å². The molecule has 0 aromatic heterocycles. The van der Waals surface area contributed by atoms with Gasteiger partial charge in [0.1, 0.15) is 25.0 Å². The smallest absolute Gasteiger partial charge is 0.407 e. The summed E-state index contributed by atoms with van der Waals surface area (Å²) in [5.41, 5.74) is 5.42. The second-order valence-electron chi connectivity index (χ2n) is 9.90. The van der Waals surface area contributed by atoms with Crippen LogP contribution in [0.4, 0.5) is 4.79 Å². The molecule has 0 spiro atoms. The van der Waals surface area contributed by atoms with Crippen LogP contribution in [0.2, 0.25) is 0 Å². The third kappa shape index (κ3) is 7.32. The molecule has 0 aliphatic heterocycles. The van der Waals surface area contributed by atoms with Gasteiger partial charge in [0.05, 0.1) is 7.11 Å². The summed E-state index contributed by atoms with van der Waals surface area (Å²) >= 11 is 1.58. The Bertz CT molecular complexity index is 1190. The molecule has 4 rings (SSSR count). The topological polar surface area (TPSA) is 73.9 Å². The normalized spacial score (nSPS) is 12.9. The molecule has 0 bridgehead atoms. The van der Waals surface area contributed by atoms with E-state index in [1.54, 1.807) is 18.9 Å². The molecule has 202 valence electrons. The number of rotatable bonds is 9. The summed E-state index contributed by atoms with van der Waals surface area (Å²) in [7, 11) is 1.60. The van der Waals surface area contributed by atoms with Gasteiger partial charge in [-0.2, -0.15) is 11.8 Å². The number of fused-ring (bicyclic) bond motifs is 3. The Morgan fingerprint density at radius 3 is 2.03 bits per heavy atom. The van der Waals surface area contributed by atoms with Crippen molar-refractivity contribution >= 4 is 23.8 Å². The molecule has 0 radical (unpaired) electrons. The van der Waals surface area contributed by atoms with Gasteiger partial charge in [-0.15, -0.1) is 0 Å². The molecule has 0 saturated heterocycles. The number of carbonyl (C=O) groups excluding carboxylic acids is 2. The molecule has 1 amide bonds. The lowest BCUT2D eigenvalue weighted by Crippen LogP contribution is -2.44. The summed E-state index contributed by atoms with van der Waals surface area (Å²) < 4.78 is 16.3. The first kappa shape index (κ1) is 29.1. The second-order valence-corrected chi connectivity index (χ2v) is 11.7. The van der Waals surface area contributed by atoms with Crippen LogP contribution < -0.4 is 10.1 Å². The fraction of sp³-hybridized carbons (Fsp3) is 0.355. The van der Waals surface area contributed by atoms with Crippen molar-refractivity contribution < 1.29 is 23.8 Å². The number of thioether (sulfide) groups is 1. The largest absolute Gasteiger partial charge is 0.497 e. The number of ether oxygens (including phenoxy) is 3. The minimum absolute atomic E-state index is 0. The van der Waals surface area contributed by atoms with Gasteiger partial charge in [0.15, 0.2) is 0 Å². The van der Waals surface area contributed by atoms with Crippen LogP contribution >= 0.6 is 11.8 Å². The summed E-state index contributed by atoms with van der Waals surface area (Å²) in [6.07, 6.45) is -0.636. The molecule has 0 heterocycles.